The molecule has 12 aromatic rings. The molecular formula is C49H30N8. The maximum atomic E-state index is 10.0. The summed E-state index contributed by atoms with van der Waals surface area (Å²) in [6.07, 6.45) is -1.82. The van der Waals surface area contributed by atoms with Gasteiger partial charge in [0.1, 0.15) is 0 Å². The third-order valence-electron chi connectivity index (χ3n) is 9.04. The minimum absolute atomic E-state index is 0.555. The molecule has 0 atom stereocenters. The fraction of sp³-hybridized carbons (Fsp3) is 0. The van der Waals surface area contributed by atoms with Gasteiger partial charge in [0.15, 0.2) is 11.6 Å². The van der Waals surface area contributed by atoms with Crippen LogP contribution in [0.25, 0.3) is 106 Å². The number of para-hydroxylation sites is 5. The first kappa shape index (κ1) is 14.0. The van der Waals surface area contributed by atoms with Crippen LogP contribution >= 0.6 is 0 Å². The Morgan fingerprint density at radius 3 is 1.49 bits per heavy atom. The second kappa shape index (κ2) is 12.3. The number of fused-ring (bicyclic) bond motifs is 9. The summed E-state index contributed by atoms with van der Waals surface area (Å²) in [7, 11) is 0. The highest BCUT2D eigenvalue weighted by Gasteiger charge is 2.25. The monoisotopic (exact) mass is 760 g/mol. The van der Waals surface area contributed by atoms with Gasteiger partial charge in [0.05, 0.1) is 96.6 Å². The van der Waals surface area contributed by atoms with Gasteiger partial charge in [-0.2, -0.15) is 9.97 Å². The summed E-state index contributed by atoms with van der Waals surface area (Å²) >= 11 is 0. The van der Waals surface area contributed by atoms with E-state index in [2.05, 4.69) is 24.9 Å². The van der Waals surface area contributed by atoms with Crippen LogP contribution in [-0.2, 0) is 0 Å². The van der Waals surface area contributed by atoms with Crippen molar-refractivity contribution >= 4 is 65.7 Å². The van der Waals surface area contributed by atoms with Crippen LogP contribution in [0.2, 0.25) is 0 Å². The molecule has 0 aliphatic rings. The largest absolute Gasteiger partial charge is 0.305 e. The van der Waals surface area contributed by atoms with Crippen molar-refractivity contribution in [1.29, 1.82) is 0 Å². The number of rotatable bonds is 5. The molecule has 8 nitrogen and oxygen atoms in total. The van der Waals surface area contributed by atoms with Crippen LogP contribution in [0.5, 0.6) is 0 Å². The van der Waals surface area contributed by atoms with Gasteiger partial charge in [-0.1, -0.05) is 109 Å². The molecule has 0 N–H and O–H groups in total. The van der Waals surface area contributed by atoms with Crippen LogP contribution < -0.4 is 0 Å². The predicted molar refractivity (Wildman–Crippen MR) is 229 cm³/mol. The zero-order valence-corrected chi connectivity index (χ0v) is 28.1. The molecule has 0 aliphatic heterocycles. The van der Waals surface area contributed by atoms with Gasteiger partial charge in [-0.3, -0.25) is 14.5 Å². The highest BCUT2D eigenvalue weighted by Crippen LogP contribution is 2.41. The zero-order valence-electron chi connectivity index (χ0n) is 58.1. The van der Waals surface area contributed by atoms with E-state index >= 15 is 0 Å². The van der Waals surface area contributed by atoms with E-state index < -0.39 is 287 Å². The molecule has 57 heavy (non-hydrogen) atoms. The van der Waals surface area contributed by atoms with E-state index in [0.29, 0.717) is 9.13 Å². The van der Waals surface area contributed by atoms with Gasteiger partial charge in [-0.15, -0.1) is 0 Å². The van der Waals surface area contributed by atoms with E-state index in [4.69, 9.17) is 26.0 Å². The quantitative estimate of drug-likeness (QED) is 0.174. The molecule has 0 saturated carbocycles. The van der Waals surface area contributed by atoms with E-state index in [1.807, 2.05) is 0 Å². The highest BCUT2D eigenvalue weighted by atomic mass is 15.2. The second-order valence-electron chi connectivity index (χ2n) is 12.0. The first-order valence-electron chi connectivity index (χ1n) is 31.5. The van der Waals surface area contributed by atoms with Crippen molar-refractivity contribution in [3.05, 3.63) is 182 Å². The summed E-state index contributed by atoms with van der Waals surface area (Å²) in [5, 5.41) is -2.29. The molecule has 6 heterocycles. The van der Waals surface area contributed by atoms with Gasteiger partial charge in [0.25, 0.3) is 0 Å². The number of pyridine rings is 2. The Bertz CT molecular complexity index is 5200. The summed E-state index contributed by atoms with van der Waals surface area (Å²) in [6, 6.07) is -27.2. The fourth-order valence-corrected chi connectivity index (χ4v) is 6.80. The van der Waals surface area contributed by atoms with Gasteiger partial charge in [-0.05, 0) is 60.4 Å². The number of hydrogen-bond acceptors (Lipinski definition) is 5. The predicted octanol–water partition coefficient (Wildman–Crippen LogP) is 11.3. The van der Waals surface area contributed by atoms with Crippen molar-refractivity contribution in [2.45, 2.75) is 0 Å². The van der Waals surface area contributed by atoms with Crippen molar-refractivity contribution in [2.24, 2.45) is 0 Å². The van der Waals surface area contributed by atoms with E-state index in [1.165, 1.54) is 0 Å². The van der Waals surface area contributed by atoms with Crippen LogP contribution in [-0.4, -0.2) is 38.6 Å². The van der Waals surface area contributed by atoms with Gasteiger partial charge < -0.3 is 9.13 Å². The number of nitrogens with zero attached hydrogens (tertiary/aromatic N) is 8. The zero-order chi connectivity index (χ0) is 63.6. The Labute approximate surface area is 367 Å². The molecule has 0 amide bonds. The van der Waals surface area contributed by atoms with Crippen LogP contribution in [0.3, 0.4) is 0 Å². The van der Waals surface area contributed by atoms with E-state index in [1.54, 1.807) is 0 Å². The van der Waals surface area contributed by atoms with E-state index in [0.717, 1.165) is 4.57 Å². The highest BCUT2D eigenvalue weighted by molar-refractivity contribution is 6.11. The topological polar surface area (TPSA) is 79.2 Å². The minimum atomic E-state index is -1.20. The Kier molecular flexibility index (Phi) is 3.01. The van der Waals surface area contributed by atoms with Gasteiger partial charge in [0.2, 0.25) is 5.95 Å². The molecule has 0 spiro atoms. The first-order chi connectivity index (χ1) is 40.7. The van der Waals surface area contributed by atoms with Crippen molar-refractivity contribution in [3.63, 3.8) is 0 Å². The van der Waals surface area contributed by atoms with Crippen LogP contribution in [0.15, 0.2) is 182 Å². The van der Waals surface area contributed by atoms with Crippen LogP contribution in [0, 0.1) is 0 Å². The molecule has 12 rings (SSSR count). The lowest BCUT2D eigenvalue weighted by Crippen LogP contribution is -2.10. The van der Waals surface area contributed by atoms with Gasteiger partial charge >= 0.3 is 0 Å². The Hall–Kier alpha value is -7.97. The Balaban J connectivity index is 1.44. The average molecular weight is 761 g/mol. The van der Waals surface area contributed by atoms with Crippen molar-refractivity contribution < 1.29 is 41.1 Å². The van der Waals surface area contributed by atoms with Crippen LogP contribution in [0.1, 0.15) is 41.1 Å². The molecule has 6 aromatic heterocycles. The lowest BCUT2D eigenvalue weighted by Gasteiger charge is -2.20. The molecule has 0 aliphatic carbocycles. The Morgan fingerprint density at radius 1 is 0.368 bits per heavy atom. The molecule has 266 valence electrons. The van der Waals surface area contributed by atoms with Gasteiger partial charge in [0, 0.05) is 45.0 Å². The molecule has 0 unspecified atom stereocenters. The molecular weight excluding hydrogens is 701 g/mol. The lowest BCUT2D eigenvalue weighted by atomic mass is 10.1. The molecule has 8 heteroatoms. The van der Waals surface area contributed by atoms with E-state index in [-0.39, 0.29) is 0 Å². The van der Waals surface area contributed by atoms with Crippen molar-refractivity contribution in [2.75, 3.05) is 0 Å². The van der Waals surface area contributed by atoms with Crippen molar-refractivity contribution in [1.82, 2.24) is 38.6 Å². The summed E-state index contributed by atoms with van der Waals surface area (Å²) in [5.41, 5.74) is -9.32. The van der Waals surface area contributed by atoms with Crippen molar-refractivity contribution in [3.8, 4) is 40.1 Å². The first-order valence-corrected chi connectivity index (χ1v) is 16.5. The lowest BCUT2D eigenvalue weighted by molar-refractivity contribution is 0.950. The maximum Gasteiger partial charge on any atom is 0.238 e. The minimum Gasteiger partial charge on any atom is -0.305 e. The second-order valence-corrected chi connectivity index (χ2v) is 12.0. The molecule has 0 radical (unpaired) electrons. The van der Waals surface area contributed by atoms with Crippen LogP contribution in [0.4, 0.5) is 0 Å². The third-order valence-corrected chi connectivity index (χ3v) is 9.04. The number of aromatic nitrogens is 8. The smallest absolute Gasteiger partial charge is 0.238 e. The standard InChI is InChI=1S/C49H30N8/c1-2-15-31(16-3-1)47-52-48(54-49(53-47)57-37-22-8-4-17-32(37)33-18-5-9-23-38(33)57)36-21-12-26-43(55-39-24-10-6-19-34(39)44-41(55)27-13-29-50-44)46(36)56-40-25-11-7-20-35(40)45-42(56)28-14-30-51-45/h1-30H/i1D,2D,3D,4D,5D,6D,7D,8D,9D,10D,11D,12D,13D,14D,15D,16D,17D,18D,19D,20D,21D,22D,23D,24D,25D,26D,27D,28D,29D,30D. The molecule has 6 aromatic carbocycles. The number of benzene rings is 6. The fourth-order valence-electron chi connectivity index (χ4n) is 6.80. The third kappa shape index (κ3) is 4.64. The molecule has 0 bridgehead atoms. The normalized spacial score (nSPS) is 19.2. The SMILES string of the molecule is [2H]c1nc2c3c([2H])c([2H])c([2H])c([2H])c3n(-c3c([2H])c([2H])c([2H])c(-c4nc(-c5c([2H])c([2H])c([2H])c([2H])c5[2H])nc(-n5c6c([2H])c([2H])c([2H])c([2H])c6c6c([2H])c([2H])c([2H])c([2H])c65)n4)c3-n3c4c([2H])c([2H])c([2H])nc4c4c([2H])c([2H])c([2H])c([2H])c43)c2c([2H])c1[2H]. The number of hydrogen-bond donors (Lipinski definition) is 0. The average Bonchev–Trinajstić information content (AvgIpc) is 1.59. The molecule has 0 saturated heterocycles. The Morgan fingerprint density at radius 2 is 0.860 bits per heavy atom. The summed E-state index contributed by atoms with van der Waals surface area (Å²) in [6.45, 7) is 0. The van der Waals surface area contributed by atoms with E-state index in [9.17, 15) is 15.1 Å². The van der Waals surface area contributed by atoms with Gasteiger partial charge in [-0.25, -0.2) is 4.98 Å². The molecule has 0 fully saturated rings. The summed E-state index contributed by atoms with van der Waals surface area (Å²) in [5.74, 6) is -3.09. The summed E-state index contributed by atoms with van der Waals surface area (Å²) < 4.78 is 274. The maximum absolute atomic E-state index is 10.0. The summed E-state index contributed by atoms with van der Waals surface area (Å²) in [4.78, 5) is 22.1.